The zero-order chi connectivity index (χ0) is 24.2. The maximum atomic E-state index is 12.6. The Morgan fingerprint density at radius 1 is 0.943 bits per heavy atom. The summed E-state index contributed by atoms with van der Waals surface area (Å²) in [6.45, 7) is 4.88. The third kappa shape index (κ3) is 5.65. The van der Waals surface area contributed by atoms with Crippen molar-refractivity contribution in [3.63, 3.8) is 0 Å². The summed E-state index contributed by atoms with van der Waals surface area (Å²) in [5.74, 6) is 0. The number of imidazole rings is 1. The van der Waals surface area contributed by atoms with E-state index in [1.165, 1.54) is 11.1 Å². The van der Waals surface area contributed by atoms with Crippen molar-refractivity contribution in [2.75, 3.05) is 26.2 Å². The van der Waals surface area contributed by atoms with E-state index >= 15 is 0 Å². The van der Waals surface area contributed by atoms with Gasteiger partial charge in [0.2, 0.25) is 0 Å². The lowest BCUT2D eigenvalue weighted by atomic mass is 10.00. The SMILES string of the molecule is O=c1[nH]c2cc(Cl)ccc2n1C1CCN(CCCNCc2ccccc2-c2cccc(Cl)c2)CC1. The standard InChI is InChI=1S/C28H30Cl2N4O/c29-22-7-3-6-20(17-22)25-8-2-1-5-21(25)19-31-13-4-14-33-15-11-24(12-16-33)34-27-10-9-23(30)18-26(27)32-28(34)35/h1-3,5-10,17-18,24,31H,4,11-16,19H2,(H,32,35). The van der Waals surface area contributed by atoms with Crippen molar-refractivity contribution in [3.8, 4) is 11.1 Å². The second-order valence-corrected chi connectivity index (χ2v) is 10.1. The molecule has 0 unspecified atom stereocenters. The van der Waals surface area contributed by atoms with Gasteiger partial charge in [0.25, 0.3) is 0 Å². The predicted molar refractivity (Wildman–Crippen MR) is 145 cm³/mol. The van der Waals surface area contributed by atoms with Crippen LogP contribution in [0, 0.1) is 0 Å². The molecule has 5 rings (SSSR count). The highest BCUT2D eigenvalue weighted by Gasteiger charge is 2.23. The van der Waals surface area contributed by atoms with Crippen LogP contribution in [-0.4, -0.2) is 40.6 Å². The molecule has 0 amide bonds. The van der Waals surface area contributed by atoms with Crippen LogP contribution in [0.3, 0.4) is 0 Å². The Bertz CT molecular complexity index is 1350. The zero-order valence-electron chi connectivity index (χ0n) is 19.6. The molecule has 0 radical (unpaired) electrons. The highest BCUT2D eigenvalue weighted by molar-refractivity contribution is 6.31. The van der Waals surface area contributed by atoms with Crippen LogP contribution in [0.25, 0.3) is 22.2 Å². The second-order valence-electron chi connectivity index (χ2n) is 9.23. The molecule has 1 saturated heterocycles. The van der Waals surface area contributed by atoms with E-state index in [1.54, 1.807) is 0 Å². The number of halogens is 2. The van der Waals surface area contributed by atoms with Gasteiger partial charge < -0.3 is 15.2 Å². The predicted octanol–water partition coefficient (Wildman–Crippen LogP) is 6.12. The lowest BCUT2D eigenvalue weighted by molar-refractivity contribution is 0.185. The maximum Gasteiger partial charge on any atom is 0.326 e. The molecule has 2 heterocycles. The van der Waals surface area contributed by atoms with E-state index in [2.05, 4.69) is 45.5 Å². The smallest absolute Gasteiger partial charge is 0.313 e. The van der Waals surface area contributed by atoms with Gasteiger partial charge in [-0.3, -0.25) is 4.57 Å². The van der Waals surface area contributed by atoms with Crippen molar-refractivity contribution in [1.29, 1.82) is 0 Å². The number of likely N-dealkylation sites (tertiary alicyclic amines) is 1. The van der Waals surface area contributed by atoms with Gasteiger partial charge in [-0.25, -0.2) is 4.79 Å². The zero-order valence-corrected chi connectivity index (χ0v) is 21.2. The van der Waals surface area contributed by atoms with Crippen LogP contribution in [0.2, 0.25) is 10.0 Å². The van der Waals surface area contributed by atoms with Gasteiger partial charge in [-0.15, -0.1) is 0 Å². The van der Waals surface area contributed by atoms with Crippen LogP contribution >= 0.6 is 23.2 Å². The molecular weight excluding hydrogens is 479 g/mol. The van der Waals surface area contributed by atoms with Gasteiger partial charge in [0, 0.05) is 35.7 Å². The van der Waals surface area contributed by atoms with Crippen molar-refractivity contribution in [1.82, 2.24) is 19.8 Å². The lowest BCUT2D eigenvalue weighted by Crippen LogP contribution is -2.38. The number of rotatable bonds is 8. The van der Waals surface area contributed by atoms with Gasteiger partial charge >= 0.3 is 5.69 Å². The normalized spacial score (nSPS) is 15.1. The summed E-state index contributed by atoms with van der Waals surface area (Å²) >= 11 is 12.3. The molecule has 0 aliphatic carbocycles. The third-order valence-electron chi connectivity index (χ3n) is 6.90. The Labute approximate surface area is 215 Å². The summed E-state index contributed by atoms with van der Waals surface area (Å²) < 4.78 is 1.92. The highest BCUT2D eigenvalue weighted by atomic mass is 35.5. The minimum absolute atomic E-state index is 0.0389. The Hall–Kier alpha value is -2.57. The average Bonchev–Trinajstić information content (AvgIpc) is 3.19. The average molecular weight is 509 g/mol. The Morgan fingerprint density at radius 3 is 2.57 bits per heavy atom. The van der Waals surface area contributed by atoms with Crippen LogP contribution in [-0.2, 0) is 6.54 Å². The van der Waals surface area contributed by atoms with Gasteiger partial charge in [-0.2, -0.15) is 0 Å². The van der Waals surface area contributed by atoms with Gasteiger partial charge in [0.15, 0.2) is 0 Å². The van der Waals surface area contributed by atoms with Crippen molar-refractivity contribution in [2.45, 2.75) is 31.8 Å². The van der Waals surface area contributed by atoms with E-state index in [0.717, 1.165) is 73.6 Å². The van der Waals surface area contributed by atoms with Crippen LogP contribution in [0.5, 0.6) is 0 Å². The molecule has 3 aromatic carbocycles. The van der Waals surface area contributed by atoms with Crippen molar-refractivity contribution >= 4 is 34.2 Å². The number of aromatic amines is 1. The number of piperidine rings is 1. The largest absolute Gasteiger partial charge is 0.326 e. The molecule has 5 nitrogen and oxygen atoms in total. The van der Waals surface area contributed by atoms with Crippen molar-refractivity contribution in [3.05, 3.63) is 92.8 Å². The maximum absolute atomic E-state index is 12.6. The molecule has 2 N–H and O–H groups in total. The van der Waals surface area contributed by atoms with E-state index in [0.29, 0.717) is 5.02 Å². The van der Waals surface area contributed by atoms with Crippen molar-refractivity contribution in [2.24, 2.45) is 0 Å². The van der Waals surface area contributed by atoms with E-state index in [1.807, 2.05) is 41.0 Å². The number of H-pyrrole nitrogens is 1. The molecule has 4 aromatic rings. The van der Waals surface area contributed by atoms with Gasteiger partial charge in [0.05, 0.1) is 11.0 Å². The van der Waals surface area contributed by atoms with Crippen molar-refractivity contribution < 1.29 is 0 Å². The van der Waals surface area contributed by atoms with Gasteiger partial charge in [-0.05, 0) is 79.4 Å². The molecular formula is C28H30Cl2N4O. The first-order valence-electron chi connectivity index (χ1n) is 12.3. The quantitative estimate of drug-likeness (QED) is 0.282. The third-order valence-corrected chi connectivity index (χ3v) is 7.37. The molecule has 1 aromatic heterocycles. The number of hydrogen-bond donors (Lipinski definition) is 2. The van der Waals surface area contributed by atoms with E-state index in [4.69, 9.17) is 23.2 Å². The molecule has 0 atom stereocenters. The van der Waals surface area contributed by atoms with Crippen LogP contribution < -0.4 is 11.0 Å². The fourth-order valence-electron chi connectivity index (χ4n) is 5.13. The summed E-state index contributed by atoms with van der Waals surface area (Å²) in [5, 5.41) is 5.01. The van der Waals surface area contributed by atoms with Crippen LogP contribution in [0.15, 0.2) is 71.5 Å². The lowest BCUT2D eigenvalue weighted by Gasteiger charge is -2.32. The number of fused-ring (bicyclic) bond motifs is 1. The fraction of sp³-hybridized carbons (Fsp3) is 0.321. The topological polar surface area (TPSA) is 53.1 Å². The summed E-state index contributed by atoms with van der Waals surface area (Å²) in [6, 6.07) is 22.4. The summed E-state index contributed by atoms with van der Waals surface area (Å²) in [4.78, 5) is 18.0. The molecule has 0 saturated carbocycles. The molecule has 0 bridgehead atoms. The van der Waals surface area contributed by atoms with E-state index in [9.17, 15) is 4.79 Å². The van der Waals surface area contributed by atoms with Gasteiger partial charge in [-0.1, -0.05) is 59.6 Å². The van der Waals surface area contributed by atoms with Gasteiger partial charge in [0.1, 0.15) is 0 Å². The number of nitrogens with one attached hydrogen (secondary N) is 2. The van der Waals surface area contributed by atoms with E-state index in [-0.39, 0.29) is 11.7 Å². The molecule has 1 aliphatic rings. The highest BCUT2D eigenvalue weighted by Crippen LogP contribution is 2.27. The number of nitrogens with zero attached hydrogens (tertiary/aromatic N) is 2. The minimum Gasteiger partial charge on any atom is -0.313 e. The number of hydrogen-bond acceptors (Lipinski definition) is 3. The molecule has 0 spiro atoms. The monoisotopic (exact) mass is 508 g/mol. The summed E-state index contributed by atoms with van der Waals surface area (Å²) in [6.07, 6.45) is 3.06. The summed E-state index contributed by atoms with van der Waals surface area (Å²) in [5.41, 5.74) is 5.37. The Morgan fingerprint density at radius 2 is 1.74 bits per heavy atom. The Kier molecular flexibility index (Phi) is 7.59. The molecule has 1 aliphatic heterocycles. The second kappa shape index (κ2) is 11.0. The Balaban J connectivity index is 1.09. The summed E-state index contributed by atoms with van der Waals surface area (Å²) in [7, 11) is 0. The number of benzene rings is 3. The van der Waals surface area contributed by atoms with Crippen LogP contribution in [0.1, 0.15) is 30.9 Å². The first-order valence-corrected chi connectivity index (χ1v) is 13.0. The molecule has 35 heavy (non-hydrogen) atoms. The molecule has 182 valence electrons. The van der Waals surface area contributed by atoms with Crippen LogP contribution in [0.4, 0.5) is 0 Å². The fourth-order valence-corrected chi connectivity index (χ4v) is 5.49. The first-order chi connectivity index (χ1) is 17.1. The first kappa shape index (κ1) is 24.1. The molecule has 7 heteroatoms. The molecule has 1 fully saturated rings. The van der Waals surface area contributed by atoms with E-state index < -0.39 is 0 Å². The number of aromatic nitrogens is 2. The minimum atomic E-state index is -0.0389.